The zero-order valence-electron chi connectivity index (χ0n) is 9.69. The van der Waals surface area contributed by atoms with Crippen LogP contribution in [-0.2, 0) is 9.59 Å². The average molecular weight is 223 g/mol. The summed E-state index contributed by atoms with van der Waals surface area (Å²) in [6.45, 7) is 4.60. The van der Waals surface area contributed by atoms with Crippen LogP contribution in [0.2, 0.25) is 0 Å². The zero-order chi connectivity index (χ0) is 12.1. The molecule has 0 radical (unpaired) electrons. The van der Waals surface area contributed by atoms with Gasteiger partial charge in [-0.05, 0) is 25.7 Å². The number of carbonyl (C=O) groups is 2. The summed E-state index contributed by atoms with van der Waals surface area (Å²) < 4.78 is 0. The number of piperidine rings is 1. The van der Waals surface area contributed by atoms with E-state index in [2.05, 4.69) is 12.2 Å². The van der Waals surface area contributed by atoms with Crippen molar-refractivity contribution in [3.63, 3.8) is 0 Å². The topological polar surface area (TPSA) is 73.2 Å². The van der Waals surface area contributed by atoms with Crippen molar-refractivity contribution in [2.75, 3.05) is 13.1 Å². The molecule has 1 N–H and O–H groups in total. The molecule has 0 saturated carbocycles. The van der Waals surface area contributed by atoms with Crippen LogP contribution in [0.5, 0.6) is 0 Å². The van der Waals surface area contributed by atoms with Gasteiger partial charge in [0.25, 0.3) is 0 Å². The summed E-state index contributed by atoms with van der Waals surface area (Å²) in [4.78, 5) is 24.7. The molecule has 0 aromatic rings. The summed E-state index contributed by atoms with van der Waals surface area (Å²) in [6.07, 6.45) is 1.86. The second kappa shape index (κ2) is 5.50. The lowest BCUT2D eigenvalue weighted by molar-refractivity contribution is -0.148. The van der Waals surface area contributed by atoms with Gasteiger partial charge in [0.05, 0.1) is 6.07 Å². The number of nitrogens with zero attached hydrogens (tertiary/aromatic N) is 2. The first-order chi connectivity index (χ1) is 7.56. The molecule has 5 heteroatoms. The summed E-state index contributed by atoms with van der Waals surface area (Å²) in [6, 6.07) is 1.87. The van der Waals surface area contributed by atoms with Crippen LogP contribution in [0.3, 0.4) is 0 Å². The van der Waals surface area contributed by atoms with Crippen LogP contribution in [0.1, 0.15) is 26.7 Å². The summed E-state index contributed by atoms with van der Waals surface area (Å²) in [5.74, 6) is -0.598. The van der Waals surface area contributed by atoms with Crippen molar-refractivity contribution in [2.24, 2.45) is 5.92 Å². The van der Waals surface area contributed by atoms with Gasteiger partial charge in [-0.3, -0.25) is 9.59 Å². The largest absolute Gasteiger partial charge is 0.335 e. The average Bonchev–Trinajstić information content (AvgIpc) is 2.25. The third-order valence-electron chi connectivity index (χ3n) is 2.92. The third-order valence-corrected chi connectivity index (χ3v) is 2.92. The van der Waals surface area contributed by atoms with E-state index < -0.39 is 11.8 Å². The molecule has 16 heavy (non-hydrogen) atoms. The molecule has 0 bridgehead atoms. The van der Waals surface area contributed by atoms with Gasteiger partial charge >= 0.3 is 11.8 Å². The number of rotatable bonds is 1. The van der Waals surface area contributed by atoms with Gasteiger partial charge in [0.2, 0.25) is 0 Å². The maximum Gasteiger partial charge on any atom is 0.312 e. The Bertz CT molecular complexity index is 322. The molecule has 1 fully saturated rings. The van der Waals surface area contributed by atoms with Gasteiger partial charge in [-0.15, -0.1) is 0 Å². The van der Waals surface area contributed by atoms with Crippen LogP contribution in [0, 0.1) is 17.2 Å². The first kappa shape index (κ1) is 12.5. The fraction of sp³-hybridized carbons (Fsp3) is 0.727. The normalized spacial score (nSPS) is 24.7. The van der Waals surface area contributed by atoms with E-state index in [1.165, 1.54) is 0 Å². The number of carbonyl (C=O) groups excluding carboxylic acids is 2. The Balaban J connectivity index is 2.54. The standard InChI is InChI=1S/C11H17N3O2/c1-8-3-6-14(9(2)7-8)11(16)10(15)13-5-4-12/h8-9H,3,5-7H2,1-2H3,(H,13,15). The molecule has 2 unspecified atom stereocenters. The molecule has 0 aromatic heterocycles. The molecular formula is C11H17N3O2. The van der Waals surface area contributed by atoms with Gasteiger partial charge in [-0.2, -0.15) is 5.26 Å². The Morgan fingerprint density at radius 2 is 2.19 bits per heavy atom. The maximum atomic E-state index is 11.7. The first-order valence-corrected chi connectivity index (χ1v) is 5.52. The van der Waals surface area contributed by atoms with Crippen molar-refractivity contribution in [3.8, 4) is 6.07 Å². The van der Waals surface area contributed by atoms with Gasteiger partial charge in [0, 0.05) is 12.6 Å². The van der Waals surface area contributed by atoms with E-state index >= 15 is 0 Å². The Kier molecular flexibility index (Phi) is 4.29. The number of likely N-dealkylation sites (tertiary alicyclic amines) is 1. The second-order valence-electron chi connectivity index (χ2n) is 4.32. The van der Waals surface area contributed by atoms with E-state index in [-0.39, 0.29) is 12.6 Å². The van der Waals surface area contributed by atoms with Gasteiger partial charge < -0.3 is 10.2 Å². The van der Waals surface area contributed by atoms with E-state index in [0.29, 0.717) is 12.5 Å². The van der Waals surface area contributed by atoms with Crippen LogP contribution >= 0.6 is 0 Å². The van der Waals surface area contributed by atoms with Gasteiger partial charge in [0.15, 0.2) is 0 Å². The molecule has 1 aliphatic rings. The molecule has 0 aliphatic carbocycles. The minimum absolute atomic E-state index is 0.101. The molecular weight excluding hydrogens is 206 g/mol. The predicted molar refractivity (Wildman–Crippen MR) is 58.2 cm³/mol. The maximum absolute atomic E-state index is 11.7. The van der Waals surface area contributed by atoms with E-state index in [0.717, 1.165) is 12.8 Å². The number of nitriles is 1. The van der Waals surface area contributed by atoms with Gasteiger partial charge in [0.1, 0.15) is 6.54 Å². The molecule has 1 heterocycles. The molecule has 88 valence electrons. The lowest BCUT2D eigenvalue weighted by Crippen LogP contribution is -2.50. The fourth-order valence-corrected chi connectivity index (χ4v) is 2.03. The predicted octanol–water partition coefficient (Wildman–Crippen LogP) is 0.273. The van der Waals surface area contributed by atoms with Crippen molar-refractivity contribution >= 4 is 11.8 Å². The lowest BCUT2D eigenvalue weighted by atomic mass is 9.93. The van der Waals surface area contributed by atoms with Crippen molar-refractivity contribution in [2.45, 2.75) is 32.7 Å². The molecule has 1 saturated heterocycles. The number of hydrogen-bond acceptors (Lipinski definition) is 3. The molecule has 5 nitrogen and oxygen atoms in total. The van der Waals surface area contributed by atoms with E-state index in [4.69, 9.17) is 5.26 Å². The van der Waals surface area contributed by atoms with Gasteiger partial charge in [-0.1, -0.05) is 6.92 Å². The molecule has 1 aliphatic heterocycles. The number of amides is 2. The molecule has 0 aromatic carbocycles. The summed E-state index contributed by atoms with van der Waals surface area (Å²) in [7, 11) is 0. The van der Waals surface area contributed by atoms with Crippen molar-refractivity contribution in [1.82, 2.24) is 10.2 Å². The minimum atomic E-state index is -0.678. The zero-order valence-corrected chi connectivity index (χ0v) is 9.69. The third kappa shape index (κ3) is 2.96. The first-order valence-electron chi connectivity index (χ1n) is 5.52. The van der Waals surface area contributed by atoms with Crippen LogP contribution < -0.4 is 5.32 Å². The summed E-state index contributed by atoms with van der Waals surface area (Å²) in [5, 5.41) is 10.6. The molecule has 1 rings (SSSR count). The van der Waals surface area contributed by atoms with E-state index in [9.17, 15) is 9.59 Å². The van der Waals surface area contributed by atoms with Gasteiger partial charge in [-0.25, -0.2) is 0 Å². The highest BCUT2D eigenvalue weighted by atomic mass is 16.2. The quantitative estimate of drug-likeness (QED) is 0.512. The Hall–Kier alpha value is -1.57. The van der Waals surface area contributed by atoms with Crippen LogP contribution in [0.25, 0.3) is 0 Å². The number of nitrogens with one attached hydrogen (secondary N) is 1. The molecule has 2 atom stereocenters. The summed E-state index contributed by atoms with van der Waals surface area (Å²) in [5.41, 5.74) is 0. The van der Waals surface area contributed by atoms with E-state index in [1.807, 2.05) is 6.92 Å². The van der Waals surface area contributed by atoms with Crippen LogP contribution in [-0.4, -0.2) is 35.8 Å². The SMILES string of the molecule is CC1CCN(C(=O)C(=O)NCC#N)C(C)C1. The van der Waals surface area contributed by atoms with Crippen molar-refractivity contribution in [3.05, 3.63) is 0 Å². The van der Waals surface area contributed by atoms with Crippen LogP contribution in [0.4, 0.5) is 0 Å². The molecule has 2 amide bonds. The second-order valence-corrected chi connectivity index (χ2v) is 4.32. The Morgan fingerprint density at radius 3 is 2.75 bits per heavy atom. The smallest absolute Gasteiger partial charge is 0.312 e. The Labute approximate surface area is 95.4 Å². The summed E-state index contributed by atoms with van der Waals surface area (Å²) >= 11 is 0. The minimum Gasteiger partial charge on any atom is -0.335 e. The Morgan fingerprint density at radius 1 is 1.50 bits per heavy atom. The van der Waals surface area contributed by atoms with Crippen molar-refractivity contribution in [1.29, 1.82) is 5.26 Å². The van der Waals surface area contributed by atoms with E-state index in [1.54, 1.807) is 11.0 Å². The monoisotopic (exact) mass is 223 g/mol. The van der Waals surface area contributed by atoms with Crippen molar-refractivity contribution < 1.29 is 9.59 Å². The highest BCUT2D eigenvalue weighted by Gasteiger charge is 2.30. The number of hydrogen-bond donors (Lipinski definition) is 1. The highest BCUT2D eigenvalue weighted by Crippen LogP contribution is 2.21. The fourth-order valence-electron chi connectivity index (χ4n) is 2.03. The highest BCUT2D eigenvalue weighted by molar-refractivity contribution is 6.35. The van der Waals surface area contributed by atoms with Crippen LogP contribution in [0.15, 0.2) is 0 Å². The lowest BCUT2D eigenvalue weighted by Gasteiger charge is -2.35. The molecule has 0 spiro atoms.